The summed E-state index contributed by atoms with van der Waals surface area (Å²) in [6.07, 6.45) is 0. The predicted molar refractivity (Wildman–Crippen MR) is 16.7 cm³/mol. The van der Waals surface area contributed by atoms with Gasteiger partial charge in [0.05, 0.1) is 0 Å². The van der Waals surface area contributed by atoms with Crippen LogP contribution < -0.4 is 6.15 Å². The molecule has 0 saturated carbocycles. The topological polar surface area (TPSA) is 82.6 Å². The molecule has 4 heteroatoms. The van der Waals surface area contributed by atoms with Crippen molar-refractivity contribution in [2.24, 2.45) is 0 Å². The van der Waals surface area contributed by atoms with E-state index in [9.17, 15) is 0 Å². The molecule has 0 aliphatic rings. The van der Waals surface area contributed by atoms with Gasteiger partial charge in [0.1, 0.15) is 0 Å². The third kappa shape index (κ3) is 259. The van der Waals surface area contributed by atoms with Gasteiger partial charge in [-0.15, -0.1) is 0 Å². The fourth-order valence-electron chi connectivity index (χ4n) is 0. The first-order valence-corrected chi connectivity index (χ1v) is 0.482. The molecule has 0 aliphatic heterocycles. The van der Waals surface area contributed by atoms with E-state index in [1.807, 2.05) is 0 Å². The predicted octanol–water partition coefficient (Wildman–Crippen LogP) is 0.396. The molecule has 0 saturated heterocycles. The van der Waals surface area contributed by atoms with Gasteiger partial charge in [-0.05, 0) is 0 Å². The van der Waals surface area contributed by atoms with E-state index in [-0.39, 0.29) is 28.5 Å². The molecule has 3 N–H and O–H groups in total. The Bertz CT molecular complexity index is 24.3. The maximum absolute atomic E-state index is 6.50. The van der Waals surface area contributed by atoms with E-state index in [1.165, 1.54) is 0 Å². The molecule has 0 heterocycles. The van der Waals surface area contributed by atoms with Crippen LogP contribution in [0.15, 0.2) is 0 Å². The smallest absolute Gasteiger partial charge is 0.512 e. The molecule has 0 amide bonds. The molecule has 0 aromatic carbocycles. The average Bonchev–Trinajstić information content (AvgIpc) is 1.50. The molecule has 0 spiro atoms. The zero-order chi connectivity index (χ0) is 4.00. The largest absolute Gasteiger partial charge is 1.00 e. The second-order valence-electron chi connectivity index (χ2n) is 0. The molecule has 0 unspecified atom stereocenters. The minimum absolute atomic E-state index is 0. The molecule has 38 valence electrons. The van der Waals surface area contributed by atoms with Crippen LogP contribution in [0.3, 0.4) is 0 Å². The Morgan fingerprint density at radius 1 is 1.17 bits per heavy atom. The molecule has 0 atom stereocenters. The van der Waals surface area contributed by atoms with Gasteiger partial charge in [0.15, 0.2) is 0 Å². The Balaban J connectivity index is -0.00000000500. The number of nitrogens with zero attached hydrogens (tertiary/aromatic N) is 2. The van der Waals surface area contributed by atoms with Crippen LogP contribution in [0, 0.1) is 23.7 Å². The summed E-state index contributed by atoms with van der Waals surface area (Å²) in [6, 6.07) is 0. The van der Waals surface area contributed by atoms with Gasteiger partial charge in [0.25, 0.3) is 0 Å². The van der Waals surface area contributed by atoms with Gasteiger partial charge in [-0.25, -0.2) is 5.26 Å². The zero-order valence-electron chi connectivity index (χ0n) is 2.98. The molecule has 0 rings (SSSR count). The Morgan fingerprint density at radius 3 is 1.17 bits per heavy atom. The molecule has 0 aliphatic carbocycles. The monoisotopic (exact) mass is 177 g/mol. The summed E-state index contributed by atoms with van der Waals surface area (Å²) in [7, 11) is 0. The molecule has 0 bridgehead atoms. The van der Waals surface area contributed by atoms with Gasteiger partial charge in [-0.1, -0.05) is 0 Å². The normalized spacial score (nSPS) is 0.667. The maximum Gasteiger partial charge on any atom is 1.00 e. The van der Waals surface area contributed by atoms with Crippen LogP contribution in [0.1, 0.15) is 0 Å². The number of hydrogen-bond donors (Lipinski definition) is 1. The van der Waals surface area contributed by atoms with Gasteiger partial charge in [-0.2, -0.15) is 0 Å². The first-order valence-electron chi connectivity index (χ1n) is 0.482. The molecular weight excluding hydrogens is 174 g/mol. The summed E-state index contributed by atoms with van der Waals surface area (Å²) in [5, 5.41) is 12.8. The Morgan fingerprint density at radius 2 is 1.17 bits per heavy atom. The Kier molecular flexibility index (Phi) is 4550. The van der Waals surface area contributed by atoms with Gasteiger partial charge in [-0.3, -0.25) is 0 Å². The van der Waals surface area contributed by atoms with Gasteiger partial charge in [0, 0.05) is 6.57 Å². The van der Waals surface area contributed by atoms with E-state index in [0.717, 1.165) is 0 Å². The standard InChI is InChI=1S/CHN.CN.Ag.H3N/c2*1-2;;/h1H;;;1H3/q;-1;+1;. The van der Waals surface area contributed by atoms with Gasteiger partial charge in [0.2, 0.25) is 0 Å². The Hall–Kier alpha value is -0.320. The van der Waals surface area contributed by atoms with E-state index in [0.29, 0.717) is 0 Å². The number of nitriles is 1. The van der Waals surface area contributed by atoms with Crippen LogP contribution in [0.5, 0.6) is 0 Å². The third-order valence-electron chi connectivity index (χ3n) is 0. The first-order chi connectivity index (χ1) is 2.00. The van der Waals surface area contributed by atoms with Gasteiger partial charge >= 0.3 is 22.4 Å². The summed E-state index contributed by atoms with van der Waals surface area (Å²) in [5.74, 6) is 0. The summed E-state index contributed by atoms with van der Waals surface area (Å²) < 4.78 is 0. The van der Waals surface area contributed by atoms with Gasteiger partial charge < -0.3 is 18.0 Å². The molecule has 0 fully saturated rings. The minimum Gasteiger partial charge on any atom is -0.512 e. The van der Waals surface area contributed by atoms with Crippen molar-refractivity contribution in [3.05, 3.63) is 6.57 Å². The second kappa shape index (κ2) is 620. The second-order valence-corrected chi connectivity index (χ2v) is 0. The van der Waals surface area contributed by atoms with E-state index in [2.05, 4.69) is 6.57 Å². The zero-order valence-corrected chi connectivity index (χ0v) is 4.46. The van der Waals surface area contributed by atoms with E-state index in [1.54, 1.807) is 0 Å². The quantitative estimate of drug-likeness (QED) is 0.430. The van der Waals surface area contributed by atoms with Crippen molar-refractivity contribution in [1.82, 2.24) is 6.15 Å². The molecule has 0 radical (unpaired) electrons. The van der Waals surface area contributed by atoms with Crippen molar-refractivity contribution in [2.75, 3.05) is 0 Å². The number of rotatable bonds is 0. The van der Waals surface area contributed by atoms with Crippen LogP contribution in [0.25, 0.3) is 0 Å². The fraction of sp³-hybridized carbons (Fsp3) is 0. The van der Waals surface area contributed by atoms with Crippen molar-refractivity contribution in [1.29, 1.82) is 10.5 Å². The third-order valence-corrected chi connectivity index (χ3v) is 0. The minimum atomic E-state index is 0. The van der Waals surface area contributed by atoms with E-state index in [4.69, 9.17) is 17.1 Å². The average molecular weight is 178 g/mol. The summed E-state index contributed by atoms with van der Waals surface area (Å²) in [6.45, 7) is 8.25. The van der Waals surface area contributed by atoms with Crippen LogP contribution >= 0.6 is 0 Å². The van der Waals surface area contributed by atoms with Crippen molar-refractivity contribution < 1.29 is 22.4 Å². The SMILES string of the molecule is C#N.N.[Ag+].[C-]#N. The fourth-order valence-corrected chi connectivity index (χ4v) is 0. The summed E-state index contributed by atoms with van der Waals surface area (Å²) in [4.78, 5) is 0. The van der Waals surface area contributed by atoms with Crippen molar-refractivity contribution in [2.45, 2.75) is 0 Å². The maximum atomic E-state index is 6.50. The molecule has 0 aromatic rings. The van der Waals surface area contributed by atoms with Crippen LogP contribution in [-0.2, 0) is 22.4 Å². The first kappa shape index (κ1) is 44.1. The van der Waals surface area contributed by atoms with E-state index >= 15 is 0 Å². The summed E-state index contributed by atoms with van der Waals surface area (Å²) in [5.41, 5.74) is 0. The van der Waals surface area contributed by atoms with Crippen molar-refractivity contribution in [3.8, 4) is 6.57 Å². The van der Waals surface area contributed by atoms with Crippen LogP contribution in [0.2, 0.25) is 0 Å². The molecule has 3 nitrogen and oxygen atoms in total. The van der Waals surface area contributed by atoms with E-state index < -0.39 is 0 Å². The Labute approximate surface area is 52.7 Å². The molecular formula is C2H4AgN3. The number of hydrogen-bond acceptors (Lipinski definition) is 3. The van der Waals surface area contributed by atoms with Crippen LogP contribution in [0.4, 0.5) is 0 Å². The van der Waals surface area contributed by atoms with Crippen molar-refractivity contribution >= 4 is 0 Å². The van der Waals surface area contributed by atoms with Crippen molar-refractivity contribution in [3.63, 3.8) is 0 Å². The molecule has 6 heavy (non-hydrogen) atoms. The summed E-state index contributed by atoms with van der Waals surface area (Å²) >= 11 is 0. The molecule has 0 aromatic heterocycles. The van der Waals surface area contributed by atoms with Crippen LogP contribution in [-0.4, -0.2) is 0 Å².